The van der Waals surface area contributed by atoms with Gasteiger partial charge in [-0.3, -0.25) is 9.59 Å². The van der Waals surface area contributed by atoms with Gasteiger partial charge in [0, 0.05) is 25.4 Å². The van der Waals surface area contributed by atoms with Crippen LogP contribution in [0, 0.1) is 0 Å². The lowest BCUT2D eigenvalue weighted by Gasteiger charge is -2.16. The second kappa shape index (κ2) is 8.41. The fourth-order valence-electron chi connectivity index (χ4n) is 2.61. The highest BCUT2D eigenvalue weighted by Crippen LogP contribution is 2.14. The van der Waals surface area contributed by atoms with Crippen molar-refractivity contribution in [3.8, 4) is 5.75 Å². The van der Waals surface area contributed by atoms with E-state index in [-0.39, 0.29) is 17.9 Å². The molecule has 0 aromatic heterocycles. The van der Waals surface area contributed by atoms with Crippen LogP contribution >= 0.6 is 0 Å². The van der Waals surface area contributed by atoms with E-state index in [0.29, 0.717) is 25.8 Å². The zero-order chi connectivity index (χ0) is 15.8. The number of amides is 2. The van der Waals surface area contributed by atoms with Crippen LogP contribution in [0.15, 0.2) is 24.3 Å². The standard InChI is InChI=1S/C17H24N2O3/c1-22-15-7-4-5-13(11-15)9-10-16(20)18-12-14-6-2-3-8-17(21)19-14/h4-5,7,11,14H,2-3,6,8-10,12H2,1H3,(H,18,20)(H,19,21). The third-order valence-corrected chi connectivity index (χ3v) is 3.89. The van der Waals surface area contributed by atoms with Crippen LogP contribution in [-0.4, -0.2) is 31.5 Å². The van der Waals surface area contributed by atoms with E-state index in [1.165, 1.54) is 0 Å². The van der Waals surface area contributed by atoms with E-state index >= 15 is 0 Å². The molecule has 2 amide bonds. The first-order valence-corrected chi connectivity index (χ1v) is 7.86. The Morgan fingerprint density at radius 2 is 2.27 bits per heavy atom. The third kappa shape index (κ3) is 5.39. The zero-order valence-corrected chi connectivity index (χ0v) is 13.1. The van der Waals surface area contributed by atoms with E-state index in [1.54, 1.807) is 7.11 Å². The minimum atomic E-state index is 0.0151. The Morgan fingerprint density at radius 1 is 1.41 bits per heavy atom. The number of ether oxygens (including phenoxy) is 1. The van der Waals surface area contributed by atoms with Crippen LogP contribution < -0.4 is 15.4 Å². The van der Waals surface area contributed by atoms with Gasteiger partial charge in [-0.15, -0.1) is 0 Å². The van der Waals surface area contributed by atoms with Crippen molar-refractivity contribution in [3.63, 3.8) is 0 Å². The van der Waals surface area contributed by atoms with E-state index in [9.17, 15) is 9.59 Å². The Hall–Kier alpha value is -2.04. The van der Waals surface area contributed by atoms with Gasteiger partial charge in [-0.2, -0.15) is 0 Å². The first-order valence-electron chi connectivity index (χ1n) is 7.86. The molecule has 5 heteroatoms. The lowest BCUT2D eigenvalue weighted by atomic mass is 10.1. The summed E-state index contributed by atoms with van der Waals surface area (Å²) < 4.78 is 5.17. The van der Waals surface area contributed by atoms with Gasteiger partial charge < -0.3 is 15.4 Å². The number of carbonyl (C=O) groups excluding carboxylic acids is 2. The topological polar surface area (TPSA) is 67.4 Å². The molecule has 22 heavy (non-hydrogen) atoms. The molecule has 1 aromatic carbocycles. The van der Waals surface area contributed by atoms with E-state index in [2.05, 4.69) is 10.6 Å². The first kappa shape index (κ1) is 16.3. The van der Waals surface area contributed by atoms with Gasteiger partial charge >= 0.3 is 0 Å². The van der Waals surface area contributed by atoms with Crippen molar-refractivity contribution in [3.05, 3.63) is 29.8 Å². The zero-order valence-electron chi connectivity index (χ0n) is 13.1. The molecule has 1 fully saturated rings. The molecule has 5 nitrogen and oxygen atoms in total. The maximum absolute atomic E-state index is 11.9. The molecule has 2 rings (SSSR count). The average Bonchev–Trinajstić information content (AvgIpc) is 2.75. The average molecular weight is 304 g/mol. The Labute approximate surface area is 131 Å². The molecular formula is C17H24N2O3. The first-order chi connectivity index (χ1) is 10.7. The number of nitrogens with one attached hydrogen (secondary N) is 2. The lowest BCUT2D eigenvalue weighted by molar-refractivity contribution is -0.123. The quantitative estimate of drug-likeness (QED) is 0.842. The lowest BCUT2D eigenvalue weighted by Crippen LogP contribution is -2.42. The molecule has 1 unspecified atom stereocenters. The highest BCUT2D eigenvalue weighted by atomic mass is 16.5. The van der Waals surface area contributed by atoms with Crippen LogP contribution in [0.4, 0.5) is 0 Å². The maximum atomic E-state index is 11.9. The molecule has 120 valence electrons. The molecule has 0 radical (unpaired) electrons. The number of aryl methyl sites for hydroxylation is 1. The Kier molecular flexibility index (Phi) is 6.25. The van der Waals surface area contributed by atoms with Crippen LogP contribution in [0.25, 0.3) is 0 Å². The van der Waals surface area contributed by atoms with Crippen molar-refractivity contribution in [1.82, 2.24) is 10.6 Å². The second-order valence-corrected chi connectivity index (χ2v) is 5.67. The fraction of sp³-hybridized carbons (Fsp3) is 0.529. The third-order valence-electron chi connectivity index (χ3n) is 3.89. The maximum Gasteiger partial charge on any atom is 0.220 e. The summed E-state index contributed by atoms with van der Waals surface area (Å²) in [6.07, 6.45) is 4.62. The van der Waals surface area contributed by atoms with Gasteiger partial charge in [-0.05, 0) is 37.0 Å². The molecule has 1 aliphatic rings. The smallest absolute Gasteiger partial charge is 0.220 e. The summed E-state index contributed by atoms with van der Waals surface area (Å²) in [7, 11) is 1.63. The molecule has 1 saturated heterocycles. The van der Waals surface area contributed by atoms with Gasteiger partial charge in [0.1, 0.15) is 5.75 Å². The number of hydrogen-bond donors (Lipinski definition) is 2. The van der Waals surface area contributed by atoms with Crippen molar-refractivity contribution >= 4 is 11.8 Å². The Bertz CT molecular complexity index is 516. The number of rotatable bonds is 6. The van der Waals surface area contributed by atoms with Crippen LogP contribution in [0.1, 0.15) is 37.7 Å². The van der Waals surface area contributed by atoms with Crippen molar-refractivity contribution in [2.75, 3.05) is 13.7 Å². The summed E-state index contributed by atoms with van der Waals surface area (Å²) in [5.74, 6) is 0.911. The number of benzene rings is 1. The summed E-state index contributed by atoms with van der Waals surface area (Å²) in [5.41, 5.74) is 1.08. The molecule has 1 atom stereocenters. The fourth-order valence-corrected chi connectivity index (χ4v) is 2.61. The van der Waals surface area contributed by atoms with Crippen LogP contribution in [0.3, 0.4) is 0 Å². The Morgan fingerprint density at radius 3 is 3.09 bits per heavy atom. The number of methoxy groups -OCH3 is 1. The van der Waals surface area contributed by atoms with Gasteiger partial charge in [0.05, 0.1) is 7.11 Å². The van der Waals surface area contributed by atoms with Crippen molar-refractivity contribution in [1.29, 1.82) is 0 Å². The summed E-state index contributed by atoms with van der Waals surface area (Å²) in [5, 5.41) is 5.87. The summed E-state index contributed by atoms with van der Waals surface area (Å²) in [6.45, 7) is 0.517. The predicted octanol–water partition coefficient (Wildman–Crippen LogP) is 1.80. The Balaban J connectivity index is 1.72. The molecule has 2 N–H and O–H groups in total. The van der Waals surface area contributed by atoms with E-state index in [4.69, 9.17) is 4.74 Å². The molecule has 1 aliphatic heterocycles. The van der Waals surface area contributed by atoms with E-state index in [1.807, 2.05) is 24.3 Å². The van der Waals surface area contributed by atoms with Gasteiger partial charge in [0.25, 0.3) is 0 Å². The monoisotopic (exact) mass is 304 g/mol. The van der Waals surface area contributed by atoms with Crippen LogP contribution in [0.2, 0.25) is 0 Å². The van der Waals surface area contributed by atoms with Gasteiger partial charge in [-0.1, -0.05) is 18.6 Å². The number of hydrogen-bond acceptors (Lipinski definition) is 3. The molecule has 0 aliphatic carbocycles. The minimum Gasteiger partial charge on any atom is -0.497 e. The molecule has 1 aromatic rings. The SMILES string of the molecule is COc1cccc(CCC(=O)NCC2CCCCC(=O)N2)c1. The van der Waals surface area contributed by atoms with Crippen molar-refractivity contribution in [2.24, 2.45) is 0 Å². The van der Waals surface area contributed by atoms with E-state index < -0.39 is 0 Å². The predicted molar refractivity (Wildman–Crippen MR) is 84.7 cm³/mol. The van der Waals surface area contributed by atoms with Crippen LogP contribution in [0.5, 0.6) is 5.75 Å². The van der Waals surface area contributed by atoms with Crippen molar-refractivity contribution in [2.45, 2.75) is 44.6 Å². The van der Waals surface area contributed by atoms with Gasteiger partial charge in [0.2, 0.25) is 11.8 Å². The molecule has 0 spiro atoms. The highest BCUT2D eigenvalue weighted by molar-refractivity contribution is 5.77. The molecular weight excluding hydrogens is 280 g/mol. The van der Waals surface area contributed by atoms with Gasteiger partial charge in [0.15, 0.2) is 0 Å². The normalized spacial score (nSPS) is 18.2. The molecule has 0 saturated carbocycles. The summed E-state index contributed by atoms with van der Waals surface area (Å²) in [6, 6.07) is 7.81. The van der Waals surface area contributed by atoms with E-state index in [0.717, 1.165) is 30.6 Å². The van der Waals surface area contributed by atoms with Crippen LogP contribution in [-0.2, 0) is 16.0 Å². The largest absolute Gasteiger partial charge is 0.497 e. The highest BCUT2D eigenvalue weighted by Gasteiger charge is 2.16. The summed E-state index contributed by atoms with van der Waals surface area (Å²) >= 11 is 0. The molecule has 0 bridgehead atoms. The molecule has 1 heterocycles. The second-order valence-electron chi connectivity index (χ2n) is 5.67. The van der Waals surface area contributed by atoms with Crippen molar-refractivity contribution < 1.29 is 14.3 Å². The minimum absolute atomic E-state index is 0.0151. The number of carbonyl (C=O) groups is 2. The summed E-state index contributed by atoms with van der Waals surface area (Å²) in [4.78, 5) is 23.4. The van der Waals surface area contributed by atoms with Gasteiger partial charge in [-0.25, -0.2) is 0 Å².